The molecule has 16 heavy (non-hydrogen) atoms. The molecule has 0 radical (unpaired) electrons. The molecular formula is C13H26N2O. The summed E-state index contributed by atoms with van der Waals surface area (Å²) in [7, 11) is 1.95. The van der Waals surface area contributed by atoms with E-state index in [0.717, 1.165) is 31.8 Å². The Hall–Kier alpha value is -0.570. The van der Waals surface area contributed by atoms with Crippen molar-refractivity contribution in [2.24, 2.45) is 5.92 Å². The van der Waals surface area contributed by atoms with E-state index >= 15 is 0 Å². The second kappa shape index (κ2) is 6.24. The third kappa shape index (κ3) is 3.78. The minimum Gasteiger partial charge on any atom is -0.343 e. The number of hydrogen-bond donors (Lipinski definition) is 0. The molecule has 0 aromatic rings. The second-order valence-corrected chi connectivity index (χ2v) is 5.28. The summed E-state index contributed by atoms with van der Waals surface area (Å²) in [6, 6.07) is 0.468. The smallest absolute Gasteiger partial charge is 0.222 e. The number of likely N-dealkylation sites (tertiary alicyclic amines) is 1. The van der Waals surface area contributed by atoms with Crippen LogP contribution in [-0.4, -0.2) is 48.4 Å². The summed E-state index contributed by atoms with van der Waals surface area (Å²) in [5, 5.41) is 0. The summed E-state index contributed by atoms with van der Waals surface area (Å²) in [5.74, 6) is 1.02. The molecular weight excluding hydrogens is 200 g/mol. The predicted octanol–water partition coefficient (Wildman–Crippen LogP) is 1.98. The molecule has 0 spiro atoms. The predicted molar refractivity (Wildman–Crippen MR) is 67.4 cm³/mol. The Morgan fingerprint density at radius 1 is 1.38 bits per heavy atom. The molecule has 94 valence electrons. The van der Waals surface area contributed by atoms with Gasteiger partial charge in [-0.3, -0.25) is 4.79 Å². The van der Waals surface area contributed by atoms with Crippen molar-refractivity contribution in [3.05, 3.63) is 0 Å². The quantitative estimate of drug-likeness (QED) is 0.732. The molecule has 1 aliphatic heterocycles. The summed E-state index contributed by atoms with van der Waals surface area (Å²) in [6.45, 7) is 9.94. The highest BCUT2D eigenvalue weighted by atomic mass is 16.2. The summed E-state index contributed by atoms with van der Waals surface area (Å²) in [4.78, 5) is 16.1. The lowest BCUT2D eigenvalue weighted by molar-refractivity contribution is -0.132. The summed E-state index contributed by atoms with van der Waals surface area (Å²) >= 11 is 0. The van der Waals surface area contributed by atoms with Gasteiger partial charge < -0.3 is 9.80 Å². The van der Waals surface area contributed by atoms with E-state index < -0.39 is 0 Å². The van der Waals surface area contributed by atoms with E-state index in [0.29, 0.717) is 12.5 Å². The zero-order valence-electron chi connectivity index (χ0n) is 11.2. The molecule has 3 heteroatoms. The van der Waals surface area contributed by atoms with E-state index in [2.05, 4.69) is 18.7 Å². The van der Waals surface area contributed by atoms with Gasteiger partial charge in [0.05, 0.1) is 0 Å². The first kappa shape index (κ1) is 13.5. The first-order chi connectivity index (χ1) is 7.54. The highest BCUT2D eigenvalue weighted by Gasteiger charge is 2.24. The van der Waals surface area contributed by atoms with Crippen LogP contribution in [0.25, 0.3) is 0 Å². The van der Waals surface area contributed by atoms with Crippen LogP contribution < -0.4 is 0 Å². The molecule has 1 rings (SSSR count). The molecule has 0 aliphatic carbocycles. The Balaban J connectivity index is 2.34. The summed E-state index contributed by atoms with van der Waals surface area (Å²) in [5.41, 5.74) is 0. The van der Waals surface area contributed by atoms with Crippen LogP contribution in [-0.2, 0) is 4.79 Å². The van der Waals surface area contributed by atoms with Crippen molar-refractivity contribution in [1.29, 1.82) is 0 Å². The zero-order chi connectivity index (χ0) is 12.1. The van der Waals surface area contributed by atoms with E-state index in [1.807, 2.05) is 18.9 Å². The zero-order valence-corrected chi connectivity index (χ0v) is 11.2. The number of hydrogen-bond acceptors (Lipinski definition) is 2. The first-order valence-corrected chi connectivity index (χ1v) is 6.52. The van der Waals surface area contributed by atoms with Crippen LogP contribution in [0.15, 0.2) is 0 Å². The van der Waals surface area contributed by atoms with Crippen molar-refractivity contribution in [3.8, 4) is 0 Å². The summed E-state index contributed by atoms with van der Waals surface area (Å²) < 4.78 is 0. The lowest BCUT2D eigenvalue weighted by Crippen LogP contribution is -2.46. The molecule has 0 aromatic carbocycles. The Bertz CT molecular complexity index is 220. The lowest BCUT2D eigenvalue weighted by atomic mass is 10.0. The fourth-order valence-corrected chi connectivity index (χ4v) is 2.46. The van der Waals surface area contributed by atoms with E-state index in [4.69, 9.17) is 0 Å². The van der Waals surface area contributed by atoms with Crippen molar-refractivity contribution in [2.45, 2.75) is 46.1 Å². The second-order valence-electron chi connectivity index (χ2n) is 5.28. The maximum Gasteiger partial charge on any atom is 0.222 e. The van der Waals surface area contributed by atoms with Gasteiger partial charge in [-0.25, -0.2) is 0 Å². The maximum atomic E-state index is 11.6. The highest BCUT2D eigenvalue weighted by Crippen LogP contribution is 2.16. The van der Waals surface area contributed by atoms with Gasteiger partial charge in [0.15, 0.2) is 0 Å². The maximum absolute atomic E-state index is 11.6. The van der Waals surface area contributed by atoms with Crippen molar-refractivity contribution in [2.75, 3.05) is 26.7 Å². The number of nitrogens with zero attached hydrogens (tertiary/aromatic N) is 2. The monoisotopic (exact) mass is 226 g/mol. The molecule has 1 saturated heterocycles. The van der Waals surface area contributed by atoms with Crippen LogP contribution in [0.1, 0.15) is 40.0 Å². The Morgan fingerprint density at radius 3 is 2.38 bits per heavy atom. The highest BCUT2D eigenvalue weighted by molar-refractivity contribution is 5.75. The van der Waals surface area contributed by atoms with Gasteiger partial charge in [0.2, 0.25) is 5.91 Å². The number of amides is 1. The van der Waals surface area contributed by atoms with Gasteiger partial charge in [0.1, 0.15) is 0 Å². The van der Waals surface area contributed by atoms with Crippen LogP contribution in [0.5, 0.6) is 0 Å². The SMILES string of the molecule is CCC(=O)N(C)C1CCN(CC(C)C)CC1. The van der Waals surface area contributed by atoms with Crippen LogP contribution in [0.4, 0.5) is 0 Å². The average Bonchev–Trinajstić information content (AvgIpc) is 2.27. The van der Waals surface area contributed by atoms with Crippen molar-refractivity contribution in [3.63, 3.8) is 0 Å². The van der Waals surface area contributed by atoms with Crippen molar-refractivity contribution < 1.29 is 4.79 Å². The third-order valence-electron chi connectivity index (χ3n) is 3.42. The van der Waals surface area contributed by atoms with E-state index in [1.165, 1.54) is 6.54 Å². The molecule has 1 heterocycles. The van der Waals surface area contributed by atoms with E-state index in [9.17, 15) is 4.79 Å². The number of carbonyl (C=O) groups excluding carboxylic acids is 1. The fraction of sp³-hybridized carbons (Fsp3) is 0.923. The van der Waals surface area contributed by atoms with Crippen LogP contribution in [0.2, 0.25) is 0 Å². The third-order valence-corrected chi connectivity index (χ3v) is 3.42. The number of piperidine rings is 1. The molecule has 1 amide bonds. The Morgan fingerprint density at radius 2 is 1.94 bits per heavy atom. The van der Waals surface area contributed by atoms with Gasteiger partial charge in [-0.05, 0) is 18.8 Å². The standard InChI is InChI=1S/C13H26N2O/c1-5-13(16)14(4)12-6-8-15(9-7-12)10-11(2)3/h11-12H,5-10H2,1-4H3. The molecule has 0 aromatic heterocycles. The fourth-order valence-electron chi connectivity index (χ4n) is 2.46. The van der Waals surface area contributed by atoms with Crippen LogP contribution >= 0.6 is 0 Å². The van der Waals surface area contributed by atoms with Gasteiger partial charge in [-0.2, -0.15) is 0 Å². The van der Waals surface area contributed by atoms with Gasteiger partial charge in [-0.15, -0.1) is 0 Å². The normalized spacial score (nSPS) is 19.1. The van der Waals surface area contributed by atoms with Gasteiger partial charge in [0, 0.05) is 39.1 Å². The lowest BCUT2D eigenvalue weighted by Gasteiger charge is -2.37. The van der Waals surface area contributed by atoms with E-state index in [-0.39, 0.29) is 5.91 Å². The van der Waals surface area contributed by atoms with Crippen LogP contribution in [0.3, 0.4) is 0 Å². The van der Waals surface area contributed by atoms with E-state index in [1.54, 1.807) is 0 Å². The molecule has 0 N–H and O–H groups in total. The average molecular weight is 226 g/mol. The molecule has 0 saturated carbocycles. The number of carbonyl (C=O) groups is 1. The van der Waals surface area contributed by atoms with Gasteiger partial charge >= 0.3 is 0 Å². The van der Waals surface area contributed by atoms with Crippen molar-refractivity contribution in [1.82, 2.24) is 9.80 Å². The molecule has 0 bridgehead atoms. The molecule has 1 aliphatic rings. The molecule has 0 atom stereocenters. The molecule has 1 fully saturated rings. The Kier molecular flexibility index (Phi) is 5.26. The van der Waals surface area contributed by atoms with Gasteiger partial charge in [-0.1, -0.05) is 20.8 Å². The topological polar surface area (TPSA) is 23.6 Å². The largest absolute Gasteiger partial charge is 0.343 e. The first-order valence-electron chi connectivity index (χ1n) is 6.52. The molecule has 3 nitrogen and oxygen atoms in total. The van der Waals surface area contributed by atoms with Crippen LogP contribution in [0, 0.1) is 5.92 Å². The summed E-state index contributed by atoms with van der Waals surface area (Å²) in [6.07, 6.45) is 2.90. The molecule has 0 unspecified atom stereocenters. The van der Waals surface area contributed by atoms with Crippen molar-refractivity contribution >= 4 is 5.91 Å². The number of rotatable bonds is 4. The Labute approximate surface area is 99.8 Å². The minimum absolute atomic E-state index is 0.280. The minimum atomic E-state index is 0.280. The van der Waals surface area contributed by atoms with Gasteiger partial charge in [0.25, 0.3) is 0 Å².